The van der Waals surface area contributed by atoms with Crippen molar-refractivity contribution in [3.05, 3.63) is 103 Å². The molecule has 0 bridgehead atoms. The highest BCUT2D eigenvalue weighted by Gasteiger charge is 2.20. The number of rotatable bonds is 8. The monoisotopic (exact) mass is 482 g/mol. The number of para-hydroxylation sites is 1. The number of carbonyl (C=O) groups is 1. The van der Waals surface area contributed by atoms with Gasteiger partial charge in [-0.05, 0) is 65.6 Å². The number of carbonyl (C=O) groups excluding carboxylic acids is 1. The molecule has 0 fully saturated rings. The van der Waals surface area contributed by atoms with E-state index in [0.29, 0.717) is 29.6 Å². The molecule has 7 nitrogen and oxygen atoms in total. The van der Waals surface area contributed by atoms with Gasteiger partial charge in [0.15, 0.2) is 0 Å². The second-order valence-corrected chi connectivity index (χ2v) is 9.26. The number of amides is 2. The number of urea groups is 1. The Kier molecular flexibility index (Phi) is 7.80. The Morgan fingerprint density at radius 2 is 1.61 bits per heavy atom. The maximum absolute atomic E-state index is 12.7. The van der Waals surface area contributed by atoms with Crippen molar-refractivity contribution in [1.82, 2.24) is 9.97 Å². The van der Waals surface area contributed by atoms with Crippen molar-refractivity contribution in [3.63, 3.8) is 0 Å². The molecule has 0 spiro atoms. The van der Waals surface area contributed by atoms with E-state index in [1.54, 1.807) is 42.9 Å². The van der Waals surface area contributed by atoms with E-state index in [1.807, 2.05) is 48.5 Å². The van der Waals surface area contributed by atoms with E-state index in [0.717, 1.165) is 17.7 Å². The lowest BCUT2D eigenvalue weighted by Gasteiger charge is -2.22. The number of aromatic nitrogens is 2. The van der Waals surface area contributed by atoms with Crippen LogP contribution < -0.4 is 20.1 Å². The highest BCUT2D eigenvalue weighted by molar-refractivity contribution is 6.00. The first-order chi connectivity index (χ1) is 17.4. The van der Waals surface area contributed by atoms with E-state index in [2.05, 4.69) is 41.4 Å². The average Bonchev–Trinajstić information content (AvgIpc) is 2.87. The molecule has 0 radical (unpaired) electrons. The molecule has 2 aromatic heterocycles. The van der Waals surface area contributed by atoms with Crippen LogP contribution in [0.15, 0.2) is 91.4 Å². The molecule has 0 atom stereocenters. The first-order valence-electron chi connectivity index (χ1n) is 11.8. The van der Waals surface area contributed by atoms with Crippen LogP contribution in [0.2, 0.25) is 0 Å². The molecule has 184 valence electrons. The van der Waals surface area contributed by atoms with Gasteiger partial charge in [-0.1, -0.05) is 39.0 Å². The van der Waals surface area contributed by atoms with Crippen LogP contribution in [0.4, 0.5) is 16.2 Å². The van der Waals surface area contributed by atoms with E-state index >= 15 is 0 Å². The maximum atomic E-state index is 12.7. The highest BCUT2D eigenvalue weighted by atomic mass is 16.5. The van der Waals surface area contributed by atoms with Gasteiger partial charge in [0, 0.05) is 36.3 Å². The predicted molar refractivity (Wildman–Crippen MR) is 142 cm³/mol. The Balaban J connectivity index is 1.35. The third-order valence-corrected chi connectivity index (χ3v) is 5.44. The van der Waals surface area contributed by atoms with Crippen LogP contribution in [-0.2, 0) is 11.8 Å². The summed E-state index contributed by atoms with van der Waals surface area (Å²) in [7, 11) is 0. The summed E-state index contributed by atoms with van der Waals surface area (Å²) in [6.45, 7) is 6.92. The molecule has 2 heterocycles. The second kappa shape index (κ2) is 11.4. The molecular formula is C29H30N4O3. The van der Waals surface area contributed by atoms with Crippen molar-refractivity contribution in [2.45, 2.75) is 32.6 Å². The van der Waals surface area contributed by atoms with Gasteiger partial charge in [0.1, 0.15) is 17.2 Å². The van der Waals surface area contributed by atoms with Crippen LogP contribution in [-0.4, -0.2) is 22.6 Å². The molecule has 7 heteroatoms. The number of nitrogens with zero attached hydrogens (tertiary/aromatic N) is 2. The Hall–Kier alpha value is -4.39. The van der Waals surface area contributed by atoms with E-state index in [1.165, 1.54) is 5.56 Å². The van der Waals surface area contributed by atoms with Gasteiger partial charge in [-0.2, -0.15) is 0 Å². The topological polar surface area (TPSA) is 85.4 Å². The molecule has 2 amide bonds. The number of ether oxygens (including phenoxy) is 2. The summed E-state index contributed by atoms with van der Waals surface area (Å²) in [5.41, 5.74) is 3.22. The van der Waals surface area contributed by atoms with Crippen molar-refractivity contribution in [1.29, 1.82) is 0 Å². The molecule has 0 saturated heterocycles. The molecule has 4 rings (SSSR count). The fraction of sp³-hybridized carbons (Fsp3) is 0.207. The molecular weight excluding hydrogens is 452 g/mol. The molecule has 0 aliphatic rings. The lowest BCUT2D eigenvalue weighted by Crippen LogP contribution is -2.20. The number of benzene rings is 2. The van der Waals surface area contributed by atoms with Crippen molar-refractivity contribution in [3.8, 4) is 17.4 Å². The predicted octanol–water partition coefficient (Wildman–Crippen LogP) is 6.83. The third kappa shape index (κ3) is 6.82. The smallest absolute Gasteiger partial charge is 0.323 e. The second-order valence-electron chi connectivity index (χ2n) is 9.26. The zero-order valence-electron chi connectivity index (χ0n) is 20.7. The van der Waals surface area contributed by atoms with Crippen LogP contribution >= 0.6 is 0 Å². The van der Waals surface area contributed by atoms with Gasteiger partial charge in [-0.25, -0.2) is 9.78 Å². The van der Waals surface area contributed by atoms with Gasteiger partial charge in [0.05, 0.1) is 6.61 Å². The lowest BCUT2D eigenvalue weighted by molar-refractivity contribution is 0.262. The van der Waals surface area contributed by atoms with Crippen molar-refractivity contribution >= 4 is 17.4 Å². The Morgan fingerprint density at radius 1 is 0.861 bits per heavy atom. The van der Waals surface area contributed by atoms with Gasteiger partial charge in [0.25, 0.3) is 0 Å². The number of hydrogen-bond acceptors (Lipinski definition) is 5. The van der Waals surface area contributed by atoms with Gasteiger partial charge in [0.2, 0.25) is 5.88 Å². The van der Waals surface area contributed by atoms with E-state index < -0.39 is 6.03 Å². The number of nitrogens with one attached hydrogen (secondary N) is 2. The average molecular weight is 483 g/mol. The first kappa shape index (κ1) is 24.7. The van der Waals surface area contributed by atoms with Gasteiger partial charge >= 0.3 is 6.03 Å². The van der Waals surface area contributed by atoms with Crippen LogP contribution in [0.1, 0.15) is 31.9 Å². The zero-order chi connectivity index (χ0) is 25.4. The standard InChI is InChI=1S/C29H30N4O3/c1-29(2,3)24-7-4-5-9-26(24)36-27-25(8-6-17-31-27)33-28(34)32-22-10-12-23(13-11-22)35-20-16-21-14-18-30-19-15-21/h4-15,17-19H,16,20H2,1-3H3,(H2,32,33,34). The summed E-state index contributed by atoms with van der Waals surface area (Å²) < 4.78 is 11.9. The van der Waals surface area contributed by atoms with Crippen LogP contribution in [0.5, 0.6) is 17.4 Å². The number of hydrogen-bond donors (Lipinski definition) is 2. The van der Waals surface area contributed by atoms with Gasteiger partial charge < -0.3 is 20.1 Å². The molecule has 4 aromatic rings. The maximum Gasteiger partial charge on any atom is 0.323 e. The molecule has 36 heavy (non-hydrogen) atoms. The van der Waals surface area contributed by atoms with Crippen LogP contribution in [0.3, 0.4) is 0 Å². The largest absolute Gasteiger partial charge is 0.493 e. The molecule has 2 aromatic carbocycles. The normalized spacial score (nSPS) is 11.0. The minimum absolute atomic E-state index is 0.106. The van der Waals surface area contributed by atoms with E-state index in [9.17, 15) is 4.79 Å². The number of pyridine rings is 2. The molecule has 0 aliphatic heterocycles. The van der Waals surface area contributed by atoms with E-state index in [4.69, 9.17) is 9.47 Å². The summed E-state index contributed by atoms with van der Waals surface area (Å²) in [5.74, 6) is 1.75. The van der Waals surface area contributed by atoms with Gasteiger partial charge in [-0.15, -0.1) is 0 Å². The Bertz CT molecular complexity index is 1290. The SMILES string of the molecule is CC(C)(C)c1ccccc1Oc1ncccc1NC(=O)Nc1ccc(OCCc2ccncc2)cc1. The van der Waals surface area contributed by atoms with Crippen LogP contribution in [0.25, 0.3) is 0 Å². The quantitative estimate of drug-likeness (QED) is 0.287. The van der Waals surface area contributed by atoms with Crippen molar-refractivity contribution in [2.24, 2.45) is 0 Å². The summed E-state index contributed by atoms with van der Waals surface area (Å²) in [6, 6.07) is 22.1. The summed E-state index contributed by atoms with van der Waals surface area (Å²) >= 11 is 0. The fourth-order valence-electron chi connectivity index (χ4n) is 3.60. The van der Waals surface area contributed by atoms with E-state index in [-0.39, 0.29) is 5.41 Å². The summed E-state index contributed by atoms with van der Waals surface area (Å²) in [6.07, 6.45) is 5.96. The Labute approximate surface area is 211 Å². The lowest BCUT2D eigenvalue weighted by atomic mass is 9.86. The highest BCUT2D eigenvalue weighted by Crippen LogP contribution is 2.35. The van der Waals surface area contributed by atoms with Crippen LogP contribution in [0, 0.1) is 0 Å². The molecule has 0 saturated carbocycles. The molecule has 0 unspecified atom stereocenters. The Morgan fingerprint density at radius 3 is 2.36 bits per heavy atom. The fourth-order valence-corrected chi connectivity index (χ4v) is 3.60. The first-order valence-corrected chi connectivity index (χ1v) is 11.8. The summed E-state index contributed by atoms with van der Waals surface area (Å²) in [4.78, 5) is 21.0. The van der Waals surface area contributed by atoms with Crippen molar-refractivity contribution in [2.75, 3.05) is 17.2 Å². The van der Waals surface area contributed by atoms with Gasteiger partial charge in [-0.3, -0.25) is 4.98 Å². The minimum atomic E-state index is -0.400. The third-order valence-electron chi connectivity index (χ3n) is 5.44. The minimum Gasteiger partial charge on any atom is -0.493 e. The number of anilines is 2. The van der Waals surface area contributed by atoms with Crippen molar-refractivity contribution < 1.29 is 14.3 Å². The molecule has 0 aliphatic carbocycles. The summed E-state index contributed by atoms with van der Waals surface area (Å²) in [5, 5.41) is 5.66. The molecule has 2 N–H and O–H groups in total. The zero-order valence-corrected chi connectivity index (χ0v) is 20.7.